The quantitative estimate of drug-likeness (QED) is 0.480. The predicted octanol–water partition coefficient (Wildman–Crippen LogP) is 1.66. The standard InChI is InChI=1S/C12H25ClN2O/c1-14(6-4-2-3-5-13)7-8-15-9-11-16-12-10-15/h2-12H2,1H3. The summed E-state index contributed by atoms with van der Waals surface area (Å²) in [5.74, 6) is 0.803. The summed E-state index contributed by atoms with van der Waals surface area (Å²) in [5.41, 5.74) is 0. The molecule has 16 heavy (non-hydrogen) atoms. The number of ether oxygens (including phenoxy) is 1. The first kappa shape index (κ1) is 14.2. The highest BCUT2D eigenvalue weighted by Gasteiger charge is 2.10. The molecule has 0 aliphatic carbocycles. The molecule has 0 unspecified atom stereocenters. The summed E-state index contributed by atoms with van der Waals surface area (Å²) in [5, 5.41) is 0. The molecule has 0 atom stereocenters. The van der Waals surface area contributed by atoms with Crippen LogP contribution in [-0.2, 0) is 4.74 Å². The number of halogens is 1. The molecule has 3 nitrogen and oxygen atoms in total. The molecular formula is C12H25ClN2O. The maximum Gasteiger partial charge on any atom is 0.0594 e. The fraction of sp³-hybridized carbons (Fsp3) is 1.00. The number of hydrogen-bond donors (Lipinski definition) is 0. The van der Waals surface area contributed by atoms with Crippen molar-refractivity contribution in [3.8, 4) is 0 Å². The summed E-state index contributed by atoms with van der Waals surface area (Å²) in [6.45, 7) is 7.54. The molecule has 0 amide bonds. The van der Waals surface area contributed by atoms with Gasteiger partial charge in [0, 0.05) is 32.1 Å². The lowest BCUT2D eigenvalue weighted by Crippen LogP contribution is -2.40. The van der Waals surface area contributed by atoms with Crippen LogP contribution >= 0.6 is 11.6 Å². The average molecular weight is 249 g/mol. The summed E-state index contributed by atoms with van der Waals surface area (Å²) in [6.07, 6.45) is 3.68. The van der Waals surface area contributed by atoms with Crippen LogP contribution in [0.25, 0.3) is 0 Å². The summed E-state index contributed by atoms with van der Waals surface area (Å²) in [4.78, 5) is 4.91. The van der Waals surface area contributed by atoms with Gasteiger partial charge in [-0.15, -0.1) is 11.6 Å². The van der Waals surface area contributed by atoms with Gasteiger partial charge in [0.15, 0.2) is 0 Å². The minimum Gasteiger partial charge on any atom is -0.379 e. The van der Waals surface area contributed by atoms with E-state index < -0.39 is 0 Å². The van der Waals surface area contributed by atoms with E-state index >= 15 is 0 Å². The molecule has 1 aliphatic heterocycles. The third kappa shape index (κ3) is 6.69. The van der Waals surface area contributed by atoms with E-state index in [0.717, 1.165) is 38.6 Å². The first-order valence-electron chi connectivity index (χ1n) is 6.37. The Kier molecular flexibility index (Phi) is 8.21. The number of morpholine rings is 1. The zero-order chi connectivity index (χ0) is 11.6. The van der Waals surface area contributed by atoms with Crippen molar-refractivity contribution in [1.82, 2.24) is 9.80 Å². The van der Waals surface area contributed by atoms with Crippen molar-refractivity contribution in [1.29, 1.82) is 0 Å². The molecule has 0 N–H and O–H groups in total. The van der Waals surface area contributed by atoms with Gasteiger partial charge < -0.3 is 9.64 Å². The van der Waals surface area contributed by atoms with Gasteiger partial charge in [0.05, 0.1) is 13.2 Å². The van der Waals surface area contributed by atoms with E-state index in [9.17, 15) is 0 Å². The molecule has 1 saturated heterocycles. The Labute approximate surface area is 105 Å². The van der Waals surface area contributed by atoms with Gasteiger partial charge >= 0.3 is 0 Å². The normalized spacial score (nSPS) is 18.2. The zero-order valence-corrected chi connectivity index (χ0v) is 11.2. The lowest BCUT2D eigenvalue weighted by atomic mass is 10.2. The minimum atomic E-state index is 0.803. The third-order valence-electron chi connectivity index (χ3n) is 3.08. The van der Waals surface area contributed by atoms with Gasteiger partial charge in [-0.05, 0) is 26.4 Å². The van der Waals surface area contributed by atoms with Crippen LogP contribution in [0.4, 0.5) is 0 Å². The summed E-state index contributed by atoms with van der Waals surface area (Å²) in [7, 11) is 2.21. The highest BCUT2D eigenvalue weighted by Crippen LogP contribution is 2.00. The van der Waals surface area contributed by atoms with Crippen molar-refractivity contribution in [3.05, 3.63) is 0 Å². The van der Waals surface area contributed by atoms with E-state index in [1.807, 2.05) is 0 Å². The van der Waals surface area contributed by atoms with E-state index in [-0.39, 0.29) is 0 Å². The number of alkyl halides is 1. The van der Waals surface area contributed by atoms with Crippen LogP contribution < -0.4 is 0 Å². The highest BCUT2D eigenvalue weighted by molar-refractivity contribution is 6.17. The van der Waals surface area contributed by atoms with E-state index in [1.54, 1.807) is 0 Å². The lowest BCUT2D eigenvalue weighted by Gasteiger charge is -2.28. The molecule has 1 aliphatic rings. The largest absolute Gasteiger partial charge is 0.379 e. The second kappa shape index (κ2) is 9.23. The molecule has 96 valence electrons. The monoisotopic (exact) mass is 248 g/mol. The van der Waals surface area contributed by atoms with Crippen molar-refractivity contribution in [3.63, 3.8) is 0 Å². The molecule has 1 rings (SSSR count). The van der Waals surface area contributed by atoms with Crippen molar-refractivity contribution < 1.29 is 4.74 Å². The van der Waals surface area contributed by atoms with Gasteiger partial charge in [-0.2, -0.15) is 0 Å². The molecule has 4 heteroatoms. The van der Waals surface area contributed by atoms with Crippen LogP contribution in [0.5, 0.6) is 0 Å². The van der Waals surface area contributed by atoms with Gasteiger partial charge in [-0.3, -0.25) is 4.90 Å². The fourth-order valence-corrected chi connectivity index (χ4v) is 2.09. The number of nitrogens with zero attached hydrogens (tertiary/aromatic N) is 2. The second-order valence-electron chi connectivity index (χ2n) is 4.51. The van der Waals surface area contributed by atoms with Crippen molar-refractivity contribution in [2.75, 3.05) is 58.9 Å². The molecule has 1 heterocycles. The van der Waals surface area contributed by atoms with Crippen molar-refractivity contribution >= 4 is 11.6 Å². The topological polar surface area (TPSA) is 15.7 Å². The Bertz CT molecular complexity index is 163. The summed E-state index contributed by atoms with van der Waals surface area (Å²) < 4.78 is 5.33. The number of unbranched alkanes of at least 4 members (excludes halogenated alkanes) is 2. The average Bonchev–Trinajstić information content (AvgIpc) is 2.33. The zero-order valence-electron chi connectivity index (χ0n) is 10.5. The maximum absolute atomic E-state index is 5.65. The van der Waals surface area contributed by atoms with Gasteiger partial charge in [-0.25, -0.2) is 0 Å². The Morgan fingerprint density at radius 3 is 2.56 bits per heavy atom. The van der Waals surface area contributed by atoms with Crippen molar-refractivity contribution in [2.45, 2.75) is 19.3 Å². The van der Waals surface area contributed by atoms with Gasteiger partial charge in [0.25, 0.3) is 0 Å². The molecule has 0 spiro atoms. The highest BCUT2D eigenvalue weighted by atomic mass is 35.5. The van der Waals surface area contributed by atoms with E-state index in [2.05, 4.69) is 16.8 Å². The fourth-order valence-electron chi connectivity index (χ4n) is 1.90. The second-order valence-corrected chi connectivity index (χ2v) is 4.88. The smallest absolute Gasteiger partial charge is 0.0594 e. The molecule has 0 aromatic carbocycles. The third-order valence-corrected chi connectivity index (χ3v) is 3.34. The minimum absolute atomic E-state index is 0.803. The van der Waals surface area contributed by atoms with Crippen LogP contribution in [0.3, 0.4) is 0 Å². The Balaban J connectivity index is 1.94. The van der Waals surface area contributed by atoms with Gasteiger partial charge in [-0.1, -0.05) is 6.42 Å². The Morgan fingerprint density at radius 2 is 1.88 bits per heavy atom. The molecule has 0 aromatic heterocycles. The summed E-state index contributed by atoms with van der Waals surface area (Å²) >= 11 is 5.65. The van der Waals surface area contributed by atoms with Crippen molar-refractivity contribution in [2.24, 2.45) is 0 Å². The number of likely N-dealkylation sites (N-methyl/N-ethyl adjacent to an activating group) is 1. The number of hydrogen-bond acceptors (Lipinski definition) is 3. The van der Waals surface area contributed by atoms with Gasteiger partial charge in [0.2, 0.25) is 0 Å². The van der Waals surface area contributed by atoms with E-state index in [1.165, 1.54) is 32.5 Å². The molecule has 0 radical (unpaired) electrons. The van der Waals surface area contributed by atoms with E-state index in [0.29, 0.717) is 0 Å². The molecular weight excluding hydrogens is 224 g/mol. The lowest BCUT2D eigenvalue weighted by molar-refractivity contribution is 0.0344. The van der Waals surface area contributed by atoms with E-state index in [4.69, 9.17) is 16.3 Å². The molecule has 0 bridgehead atoms. The predicted molar refractivity (Wildman–Crippen MR) is 69.3 cm³/mol. The maximum atomic E-state index is 5.65. The first-order valence-corrected chi connectivity index (χ1v) is 6.91. The molecule has 0 saturated carbocycles. The van der Waals surface area contributed by atoms with Crippen LogP contribution in [0.15, 0.2) is 0 Å². The van der Waals surface area contributed by atoms with Crippen LogP contribution in [0, 0.1) is 0 Å². The van der Waals surface area contributed by atoms with Crippen LogP contribution in [-0.4, -0.2) is 68.7 Å². The van der Waals surface area contributed by atoms with Crippen LogP contribution in [0.1, 0.15) is 19.3 Å². The first-order chi connectivity index (χ1) is 7.83. The Morgan fingerprint density at radius 1 is 1.12 bits per heavy atom. The molecule has 0 aromatic rings. The summed E-state index contributed by atoms with van der Waals surface area (Å²) in [6, 6.07) is 0. The van der Waals surface area contributed by atoms with Gasteiger partial charge in [0.1, 0.15) is 0 Å². The number of rotatable bonds is 8. The SMILES string of the molecule is CN(CCCCCCl)CCN1CCOCC1. The molecule has 1 fully saturated rings. The van der Waals surface area contributed by atoms with Crippen LogP contribution in [0.2, 0.25) is 0 Å². The Hall–Kier alpha value is 0.170.